The second-order valence-corrected chi connectivity index (χ2v) is 3.67. The lowest BCUT2D eigenvalue weighted by Gasteiger charge is -2.07. The molecule has 6 heteroatoms. The van der Waals surface area contributed by atoms with Gasteiger partial charge in [-0.15, -0.1) is 0 Å². The third-order valence-electron chi connectivity index (χ3n) is 2.40. The fourth-order valence-corrected chi connectivity index (χ4v) is 1.58. The van der Waals surface area contributed by atoms with Crippen LogP contribution in [0.2, 0.25) is 0 Å². The van der Waals surface area contributed by atoms with Gasteiger partial charge in [-0.1, -0.05) is 6.07 Å². The average molecular weight is 266 g/mol. The van der Waals surface area contributed by atoms with E-state index in [1.807, 2.05) is 0 Å². The summed E-state index contributed by atoms with van der Waals surface area (Å²) < 4.78 is 30.7. The van der Waals surface area contributed by atoms with Crippen molar-refractivity contribution < 1.29 is 28.5 Å². The number of hydrogen-bond acceptors (Lipinski definition) is 3. The van der Waals surface area contributed by atoms with Crippen LogP contribution in [0.25, 0.3) is 11.1 Å². The zero-order valence-electron chi connectivity index (χ0n) is 9.43. The predicted octanol–water partition coefficient (Wildman–Crippen LogP) is 3.39. The van der Waals surface area contributed by atoms with Gasteiger partial charge in [-0.3, -0.25) is 0 Å². The smallest absolute Gasteiger partial charge is 0.504 e. The first-order chi connectivity index (χ1) is 8.97. The molecule has 0 fully saturated rings. The molecule has 0 aromatic heterocycles. The molecule has 0 spiro atoms. The quantitative estimate of drug-likeness (QED) is 0.645. The Morgan fingerprint density at radius 3 is 2.47 bits per heavy atom. The number of rotatable bonds is 2. The van der Waals surface area contributed by atoms with Gasteiger partial charge in [0.15, 0.2) is 11.5 Å². The van der Waals surface area contributed by atoms with Gasteiger partial charge in [0.25, 0.3) is 0 Å². The van der Waals surface area contributed by atoms with E-state index in [9.17, 15) is 18.7 Å². The highest BCUT2D eigenvalue weighted by atomic mass is 19.1. The maximum Gasteiger partial charge on any atom is 0.511 e. The van der Waals surface area contributed by atoms with E-state index in [1.165, 1.54) is 12.1 Å². The molecule has 0 amide bonds. The number of phenolic OH excluding ortho intramolecular Hbond substituents is 1. The van der Waals surface area contributed by atoms with Gasteiger partial charge in [-0.05, 0) is 29.8 Å². The van der Waals surface area contributed by atoms with E-state index in [-0.39, 0.29) is 16.9 Å². The molecule has 0 saturated heterocycles. The van der Waals surface area contributed by atoms with Gasteiger partial charge in [0.1, 0.15) is 11.6 Å². The lowest BCUT2D eigenvalue weighted by molar-refractivity contribution is 0.143. The highest BCUT2D eigenvalue weighted by Gasteiger charge is 2.12. The van der Waals surface area contributed by atoms with Gasteiger partial charge >= 0.3 is 6.16 Å². The largest absolute Gasteiger partial charge is 0.511 e. The SMILES string of the molecule is O=C(O)Oc1cc(-c2ccc(F)cc2F)ccc1O. The summed E-state index contributed by atoms with van der Waals surface area (Å²) in [5, 5.41) is 17.9. The van der Waals surface area contributed by atoms with Crippen molar-refractivity contribution in [2.24, 2.45) is 0 Å². The van der Waals surface area contributed by atoms with Crippen molar-refractivity contribution >= 4 is 6.16 Å². The second kappa shape index (κ2) is 4.93. The molecule has 2 N–H and O–H groups in total. The zero-order valence-corrected chi connectivity index (χ0v) is 9.43. The van der Waals surface area contributed by atoms with Gasteiger partial charge in [0.05, 0.1) is 0 Å². The number of hydrogen-bond donors (Lipinski definition) is 2. The van der Waals surface area contributed by atoms with E-state index >= 15 is 0 Å². The third-order valence-corrected chi connectivity index (χ3v) is 2.40. The number of carboxylic acid groups (broad SMARTS) is 1. The first-order valence-electron chi connectivity index (χ1n) is 5.16. The minimum absolute atomic E-state index is 0.0663. The van der Waals surface area contributed by atoms with Crippen molar-refractivity contribution in [3.05, 3.63) is 48.0 Å². The summed E-state index contributed by atoms with van der Waals surface area (Å²) in [6, 6.07) is 6.67. The molecule has 0 bridgehead atoms. The Hall–Kier alpha value is -2.63. The van der Waals surface area contributed by atoms with Crippen molar-refractivity contribution in [3.63, 3.8) is 0 Å². The monoisotopic (exact) mass is 266 g/mol. The van der Waals surface area contributed by atoms with Crippen molar-refractivity contribution in [2.45, 2.75) is 0 Å². The van der Waals surface area contributed by atoms with Crippen LogP contribution in [0, 0.1) is 11.6 Å². The van der Waals surface area contributed by atoms with Gasteiger partial charge in [-0.25, -0.2) is 13.6 Å². The van der Waals surface area contributed by atoms with Crippen LogP contribution in [0.15, 0.2) is 36.4 Å². The van der Waals surface area contributed by atoms with E-state index in [2.05, 4.69) is 4.74 Å². The molecular weight excluding hydrogens is 258 g/mol. The Labute approximate surface area is 106 Å². The molecule has 0 saturated carbocycles. The van der Waals surface area contributed by atoms with Crippen LogP contribution < -0.4 is 4.74 Å². The highest BCUT2D eigenvalue weighted by Crippen LogP contribution is 2.33. The molecule has 0 heterocycles. The van der Waals surface area contributed by atoms with Gasteiger partial charge in [-0.2, -0.15) is 0 Å². The van der Waals surface area contributed by atoms with Crippen LogP contribution in [0.5, 0.6) is 11.5 Å². The van der Waals surface area contributed by atoms with Crippen LogP contribution in [0.3, 0.4) is 0 Å². The Morgan fingerprint density at radius 2 is 1.84 bits per heavy atom. The molecule has 0 aliphatic heterocycles. The van der Waals surface area contributed by atoms with Crippen molar-refractivity contribution in [1.82, 2.24) is 0 Å². The lowest BCUT2D eigenvalue weighted by Crippen LogP contribution is -2.03. The van der Waals surface area contributed by atoms with E-state index < -0.39 is 23.5 Å². The number of aromatic hydroxyl groups is 1. The maximum absolute atomic E-state index is 13.6. The fraction of sp³-hybridized carbons (Fsp3) is 0. The van der Waals surface area contributed by atoms with Crippen molar-refractivity contribution in [2.75, 3.05) is 0 Å². The molecule has 0 aliphatic rings. The number of ether oxygens (including phenoxy) is 1. The van der Waals surface area contributed by atoms with Crippen molar-refractivity contribution in [3.8, 4) is 22.6 Å². The molecule has 0 radical (unpaired) electrons. The molecule has 0 unspecified atom stereocenters. The maximum atomic E-state index is 13.6. The predicted molar refractivity (Wildman–Crippen MR) is 62.1 cm³/mol. The van der Waals surface area contributed by atoms with Crippen LogP contribution >= 0.6 is 0 Å². The summed E-state index contributed by atoms with van der Waals surface area (Å²) >= 11 is 0. The first kappa shape index (κ1) is 12.8. The summed E-state index contributed by atoms with van der Waals surface area (Å²) in [4.78, 5) is 10.4. The number of carbonyl (C=O) groups is 1. The van der Waals surface area contributed by atoms with Gasteiger partial charge in [0.2, 0.25) is 0 Å². The first-order valence-corrected chi connectivity index (χ1v) is 5.16. The average Bonchev–Trinajstić information content (AvgIpc) is 2.32. The molecule has 2 aromatic rings. The Balaban J connectivity index is 2.48. The van der Waals surface area contributed by atoms with E-state index in [1.54, 1.807) is 0 Å². The summed E-state index contributed by atoms with van der Waals surface area (Å²) in [6.45, 7) is 0. The van der Waals surface area contributed by atoms with Crippen molar-refractivity contribution in [1.29, 1.82) is 0 Å². The van der Waals surface area contributed by atoms with Crippen LogP contribution in [-0.4, -0.2) is 16.4 Å². The van der Waals surface area contributed by atoms with E-state index in [0.717, 1.165) is 18.2 Å². The summed E-state index contributed by atoms with van der Waals surface area (Å²) in [6.07, 6.45) is -1.60. The fourth-order valence-electron chi connectivity index (χ4n) is 1.58. The molecule has 2 rings (SSSR count). The van der Waals surface area contributed by atoms with Crippen LogP contribution in [0.1, 0.15) is 0 Å². The summed E-state index contributed by atoms with van der Waals surface area (Å²) in [5.74, 6) is -2.24. The lowest BCUT2D eigenvalue weighted by atomic mass is 10.0. The van der Waals surface area contributed by atoms with Gasteiger partial charge in [0, 0.05) is 11.6 Å². The second-order valence-electron chi connectivity index (χ2n) is 3.67. The van der Waals surface area contributed by atoms with E-state index in [0.29, 0.717) is 6.07 Å². The normalized spacial score (nSPS) is 10.2. The van der Waals surface area contributed by atoms with E-state index in [4.69, 9.17) is 5.11 Å². The summed E-state index contributed by atoms with van der Waals surface area (Å²) in [7, 11) is 0. The molecule has 98 valence electrons. The molecule has 2 aromatic carbocycles. The Kier molecular flexibility index (Phi) is 3.33. The standard InChI is InChI=1S/C13H8F2O4/c14-8-2-3-9(10(15)6-8)7-1-4-11(16)12(5-7)19-13(17)18/h1-6,16H,(H,17,18). The highest BCUT2D eigenvalue weighted by molar-refractivity contribution is 5.70. The minimum atomic E-state index is -1.60. The summed E-state index contributed by atoms with van der Waals surface area (Å²) in [5.41, 5.74) is 0.322. The number of benzene rings is 2. The molecule has 19 heavy (non-hydrogen) atoms. The van der Waals surface area contributed by atoms with Gasteiger partial charge < -0.3 is 14.9 Å². The number of phenols is 1. The van der Waals surface area contributed by atoms with Crippen LogP contribution in [-0.2, 0) is 0 Å². The zero-order chi connectivity index (χ0) is 14.0. The Morgan fingerprint density at radius 1 is 1.11 bits per heavy atom. The molecule has 0 aliphatic carbocycles. The molecule has 4 nitrogen and oxygen atoms in total. The third kappa shape index (κ3) is 2.79. The Bertz CT molecular complexity index is 641. The molecular formula is C13H8F2O4. The van der Waals surface area contributed by atoms with Crippen LogP contribution in [0.4, 0.5) is 13.6 Å². The molecule has 0 atom stereocenters. The minimum Gasteiger partial charge on any atom is -0.504 e. The number of halogens is 2. The topological polar surface area (TPSA) is 66.8 Å².